The molecule has 1 aliphatic carbocycles. The molecule has 0 amide bonds. The number of carbonyl (C=O) groups is 1. The SMILES string of the molecule is COC(=O)c1ccccc1CC1(CN)CC1. The number of ether oxygens (including phenoxy) is 1. The van der Waals surface area contributed by atoms with Crippen LogP contribution in [0.5, 0.6) is 0 Å². The van der Waals surface area contributed by atoms with E-state index in [0.717, 1.165) is 12.0 Å². The quantitative estimate of drug-likeness (QED) is 0.785. The Labute approximate surface area is 95.6 Å². The Bertz CT molecular complexity index is 397. The summed E-state index contributed by atoms with van der Waals surface area (Å²) in [5.74, 6) is -0.261. The predicted octanol–water partition coefficient (Wildman–Crippen LogP) is 1.75. The molecule has 0 unspecified atom stereocenters. The van der Waals surface area contributed by atoms with Crippen LogP contribution in [0.1, 0.15) is 28.8 Å². The molecular weight excluding hydrogens is 202 g/mol. The topological polar surface area (TPSA) is 52.3 Å². The first-order valence-corrected chi connectivity index (χ1v) is 5.57. The minimum absolute atomic E-state index is 0.240. The molecule has 3 nitrogen and oxygen atoms in total. The highest BCUT2D eigenvalue weighted by atomic mass is 16.5. The van der Waals surface area contributed by atoms with Gasteiger partial charge in [0.15, 0.2) is 0 Å². The van der Waals surface area contributed by atoms with Crippen molar-refractivity contribution >= 4 is 5.97 Å². The first kappa shape index (κ1) is 11.1. The Kier molecular flexibility index (Phi) is 2.97. The predicted molar refractivity (Wildman–Crippen MR) is 62.2 cm³/mol. The summed E-state index contributed by atoms with van der Waals surface area (Å²) < 4.78 is 4.78. The summed E-state index contributed by atoms with van der Waals surface area (Å²) in [5.41, 5.74) is 7.72. The summed E-state index contributed by atoms with van der Waals surface area (Å²) in [5, 5.41) is 0. The highest BCUT2D eigenvalue weighted by Gasteiger charge is 2.41. The molecule has 0 spiro atoms. The van der Waals surface area contributed by atoms with Gasteiger partial charge in [-0.25, -0.2) is 4.79 Å². The number of hydrogen-bond donors (Lipinski definition) is 1. The van der Waals surface area contributed by atoms with Crippen molar-refractivity contribution in [3.05, 3.63) is 35.4 Å². The molecular formula is C13H17NO2. The molecule has 2 rings (SSSR count). The Morgan fingerprint density at radius 2 is 2.12 bits per heavy atom. The maximum absolute atomic E-state index is 11.6. The summed E-state index contributed by atoms with van der Waals surface area (Å²) in [7, 11) is 1.41. The summed E-state index contributed by atoms with van der Waals surface area (Å²) in [6.07, 6.45) is 3.22. The maximum Gasteiger partial charge on any atom is 0.338 e. The van der Waals surface area contributed by atoms with Gasteiger partial charge in [0.05, 0.1) is 12.7 Å². The number of benzene rings is 1. The smallest absolute Gasteiger partial charge is 0.338 e. The van der Waals surface area contributed by atoms with Gasteiger partial charge in [-0.15, -0.1) is 0 Å². The van der Waals surface area contributed by atoms with Crippen molar-refractivity contribution in [3.8, 4) is 0 Å². The van der Waals surface area contributed by atoms with Crippen molar-refractivity contribution in [1.29, 1.82) is 0 Å². The first-order chi connectivity index (χ1) is 7.71. The second kappa shape index (κ2) is 4.26. The van der Waals surface area contributed by atoms with E-state index in [-0.39, 0.29) is 11.4 Å². The molecule has 1 aliphatic rings. The molecule has 2 N–H and O–H groups in total. The van der Waals surface area contributed by atoms with Crippen LogP contribution in [0.3, 0.4) is 0 Å². The summed E-state index contributed by atoms with van der Waals surface area (Å²) >= 11 is 0. The van der Waals surface area contributed by atoms with Crippen molar-refractivity contribution < 1.29 is 9.53 Å². The van der Waals surface area contributed by atoms with E-state index in [1.165, 1.54) is 20.0 Å². The first-order valence-electron chi connectivity index (χ1n) is 5.57. The Morgan fingerprint density at radius 3 is 2.69 bits per heavy atom. The van der Waals surface area contributed by atoms with E-state index in [1.807, 2.05) is 24.3 Å². The highest BCUT2D eigenvalue weighted by Crippen LogP contribution is 2.47. The molecule has 0 bridgehead atoms. The van der Waals surface area contributed by atoms with Crippen LogP contribution in [-0.4, -0.2) is 19.6 Å². The van der Waals surface area contributed by atoms with Crippen molar-refractivity contribution in [2.45, 2.75) is 19.3 Å². The third-order valence-corrected chi connectivity index (χ3v) is 3.38. The number of methoxy groups -OCH3 is 1. The number of esters is 1. The zero-order valence-corrected chi connectivity index (χ0v) is 9.53. The lowest BCUT2D eigenvalue weighted by atomic mass is 9.93. The van der Waals surface area contributed by atoms with Crippen LogP contribution in [0.2, 0.25) is 0 Å². The maximum atomic E-state index is 11.6. The number of rotatable bonds is 4. The van der Waals surface area contributed by atoms with Gasteiger partial charge in [0.1, 0.15) is 0 Å². The monoisotopic (exact) mass is 219 g/mol. The number of hydrogen-bond acceptors (Lipinski definition) is 3. The van der Waals surface area contributed by atoms with E-state index in [1.54, 1.807) is 0 Å². The lowest BCUT2D eigenvalue weighted by molar-refractivity contribution is 0.0599. The van der Waals surface area contributed by atoms with Gasteiger partial charge in [-0.1, -0.05) is 18.2 Å². The molecule has 0 atom stereocenters. The van der Waals surface area contributed by atoms with Gasteiger partial charge in [0, 0.05) is 0 Å². The summed E-state index contributed by atoms with van der Waals surface area (Å²) in [4.78, 5) is 11.6. The molecule has 1 aromatic carbocycles. The molecule has 0 heterocycles. The van der Waals surface area contributed by atoms with Gasteiger partial charge in [-0.3, -0.25) is 0 Å². The van der Waals surface area contributed by atoms with Crippen molar-refractivity contribution in [3.63, 3.8) is 0 Å². The minimum atomic E-state index is -0.261. The van der Waals surface area contributed by atoms with Crippen LogP contribution in [-0.2, 0) is 11.2 Å². The molecule has 0 saturated heterocycles. The fraction of sp³-hybridized carbons (Fsp3) is 0.462. The van der Waals surface area contributed by atoms with Crippen LogP contribution in [0.25, 0.3) is 0 Å². The van der Waals surface area contributed by atoms with E-state index >= 15 is 0 Å². The third kappa shape index (κ3) is 2.09. The normalized spacial score (nSPS) is 16.9. The zero-order valence-electron chi connectivity index (χ0n) is 9.53. The molecule has 1 saturated carbocycles. The molecule has 3 heteroatoms. The zero-order chi connectivity index (χ0) is 11.6. The van der Waals surface area contributed by atoms with Crippen molar-refractivity contribution in [2.24, 2.45) is 11.1 Å². The van der Waals surface area contributed by atoms with E-state index < -0.39 is 0 Å². The van der Waals surface area contributed by atoms with E-state index in [4.69, 9.17) is 10.5 Å². The Hall–Kier alpha value is -1.35. The lowest BCUT2D eigenvalue weighted by Gasteiger charge is -2.14. The Morgan fingerprint density at radius 1 is 1.44 bits per heavy atom. The van der Waals surface area contributed by atoms with Crippen LogP contribution >= 0.6 is 0 Å². The van der Waals surface area contributed by atoms with Gasteiger partial charge in [-0.2, -0.15) is 0 Å². The van der Waals surface area contributed by atoms with E-state index in [0.29, 0.717) is 12.1 Å². The average molecular weight is 219 g/mol. The summed E-state index contributed by atoms with van der Waals surface area (Å²) in [6, 6.07) is 7.61. The van der Waals surface area contributed by atoms with Crippen LogP contribution in [0.15, 0.2) is 24.3 Å². The fourth-order valence-electron chi connectivity index (χ4n) is 2.02. The molecule has 1 aromatic rings. The number of nitrogens with two attached hydrogens (primary N) is 1. The largest absolute Gasteiger partial charge is 0.465 e. The fourth-order valence-corrected chi connectivity index (χ4v) is 2.02. The second-order valence-corrected chi connectivity index (χ2v) is 4.53. The Balaban J connectivity index is 2.23. The molecule has 16 heavy (non-hydrogen) atoms. The third-order valence-electron chi connectivity index (χ3n) is 3.38. The standard InChI is InChI=1S/C13H17NO2/c1-16-12(15)11-5-3-2-4-10(11)8-13(9-14)6-7-13/h2-5H,6-9,14H2,1H3. The van der Waals surface area contributed by atoms with Gasteiger partial charge in [-0.05, 0) is 42.9 Å². The molecule has 1 fully saturated rings. The van der Waals surface area contributed by atoms with Gasteiger partial charge >= 0.3 is 5.97 Å². The number of carbonyl (C=O) groups excluding carboxylic acids is 1. The van der Waals surface area contributed by atoms with Gasteiger partial charge in [0.2, 0.25) is 0 Å². The molecule has 0 aliphatic heterocycles. The lowest BCUT2D eigenvalue weighted by Crippen LogP contribution is -2.19. The van der Waals surface area contributed by atoms with Crippen molar-refractivity contribution in [2.75, 3.05) is 13.7 Å². The van der Waals surface area contributed by atoms with E-state index in [9.17, 15) is 4.79 Å². The second-order valence-electron chi connectivity index (χ2n) is 4.53. The molecule has 86 valence electrons. The van der Waals surface area contributed by atoms with Gasteiger partial charge in [0.25, 0.3) is 0 Å². The van der Waals surface area contributed by atoms with Crippen LogP contribution in [0, 0.1) is 5.41 Å². The van der Waals surface area contributed by atoms with E-state index in [2.05, 4.69) is 0 Å². The molecule has 0 radical (unpaired) electrons. The minimum Gasteiger partial charge on any atom is -0.465 e. The molecule has 0 aromatic heterocycles. The van der Waals surface area contributed by atoms with Crippen LogP contribution < -0.4 is 5.73 Å². The van der Waals surface area contributed by atoms with Crippen LogP contribution in [0.4, 0.5) is 0 Å². The average Bonchev–Trinajstić information content (AvgIpc) is 3.09. The highest BCUT2D eigenvalue weighted by molar-refractivity contribution is 5.91. The summed E-state index contributed by atoms with van der Waals surface area (Å²) in [6.45, 7) is 0.697. The van der Waals surface area contributed by atoms with Crippen molar-refractivity contribution in [1.82, 2.24) is 0 Å². The van der Waals surface area contributed by atoms with Gasteiger partial charge < -0.3 is 10.5 Å².